The zero-order chi connectivity index (χ0) is 14.0. The fourth-order valence-electron chi connectivity index (χ4n) is 2.02. The average Bonchev–Trinajstić information content (AvgIpc) is 2.40. The highest BCUT2D eigenvalue weighted by molar-refractivity contribution is 6.45. The summed E-state index contributed by atoms with van der Waals surface area (Å²) in [5.41, 5.74) is 2.95. The molecule has 0 spiro atoms. The number of fused-ring (bicyclic) bond motifs is 1. The molecule has 0 saturated heterocycles. The summed E-state index contributed by atoms with van der Waals surface area (Å²) >= 11 is 12.3. The number of nitrogens with zero attached hydrogens (tertiary/aromatic N) is 1. The minimum absolute atomic E-state index is 0.492. The molecule has 0 aliphatic rings. The molecule has 0 aliphatic heterocycles. The van der Waals surface area contributed by atoms with Gasteiger partial charge in [0.2, 0.25) is 0 Å². The maximum absolute atomic E-state index is 6.25. The van der Waals surface area contributed by atoms with E-state index in [-0.39, 0.29) is 0 Å². The van der Waals surface area contributed by atoms with E-state index < -0.39 is 0 Å². The summed E-state index contributed by atoms with van der Waals surface area (Å²) in [6, 6.07) is 6.41. The van der Waals surface area contributed by atoms with Gasteiger partial charge in [-0.05, 0) is 38.0 Å². The average molecular weight is 297 g/mol. The predicted octanol–water partition coefficient (Wildman–Crippen LogP) is 4.74. The van der Waals surface area contributed by atoms with Gasteiger partial charge in [-0.3, -0.25) is 4.98 Å². The third-order valence-corrected chi connectivity index (χ3v) is 4.13. The molecule has 0 bridgehead atoms. The Balaban J connectivity index is 2.46. The van der Waals surface area contributed by atoms with E-state index >= 15 is 0 Å². The number of benzene rings is 1. The summed E-state index contributed by atoms with van der Waals surface area (Å²) in [6.07, 6.45) is 1.11. The van der Waals surface area contributed by atoms with Crippen LogP contribution < -0.4 is 5.32 Å². The molecule has 0 fully saturated rings. The maximum atomic E-state index is 6.25. The topological polar surface area (TPSA) is 24.9 Å². The van der Waals surface area contributed by atoms with E-state index in [0.717, 1.165) is 29.6 Å². The molecular formula is C15H18Cl2N2. The first-order valence-corrected chi connectivity index (χ1v) is 7.26. The highest BCUT2D eigenvalue weighted by atomic mass is 35.5. The van der Waals surface area contributed by atoms with Gasteiger partial charge in [-0.15, -0.1) is 0 Å². The lowest BCUT2D eigenvalue weighted by Crippen LogP contribution is -2.24. The van der Waals surface area contributed by atoms with Crippen molar-refractivity contribution in [3.05, 3.63) is 39.5 Å². The van der Waals surface area contributed by atoms with Crippen molar-refractivity contribution in [1.29, 1.82) is 0 Å². The van der Waals surface area contributed by atoms with Gasteiger partial charge in [-0.1, -0.05) is 36.2 Å². The number of aryl methyl sites for hydroxylation is 1. The Morgan fingerprint density at radius 2 is 2.05 bits per heavy atom. The Bertz CT molecular complexity index is 596. The lowest BCUT2D eigenvalue weighted by atomic mass is 10.1. The van der Waals surface area contributed by atoms with Gasteiger partial charge >= 0.3 is 0 Å². The Kier molecular flexibility index (Phi) is 4.67. The van der Waals surface area contributed by atoms with Crippen molar-refractivity contribution < 1.29 is 0 Å². The third kappa shape index (κ3) is 3.19. The van der Waals surface area contributed by atoms with Crippen LogP contribution in [0, 0.1) is 6.92 Å². The molecule has 2 nitrogen and oxygen atoms in total. The first-order valence-electron chi connectivity index (χ1n) is 6.50. The maximum Gasteiger partial charge on any atom is 0.0909 e. The van der Waals surface area contributed by atoms with Crippen LogP contribution in [0.15, 0.2) is 18.2 Å². The second kappa shape index (κ2) is 6.08. The van der Waals surface area contributed by atoms with Gasteiger partial charge in [0, 0.05) is 23.7 Å². The van der Waals surface area contributed by atoms with E-state index in [1.165, 1.54) is 5.56 Å². The van der Waals surface area contributed by atoms with E-state index in [1.807, 2.05) is 19.1 Å². The van der Waals surface area contributed by atoms with E-state index in [9.17, 15) is 0 Å². The van der Waals surface area contributed by atoms with E-state index in [0.29, 0.717) is 16.1 Å². The Hall–Kier alpha value is -0.830. The SMILES string of the molecule is CCC(C)NCc1cc(C)nc2c(Cl)c(Cl)ccc12. The van der Waals surface area contributed by atoms with Crippen LogP contribution in [0.1, 0.15) is 31.5 Å². The molecule has 1 N–H and O–H groups in total. The molecule has 1 aromatic carbocycles. The molecular weight excluding hydrogens is 279 g/mol. The summed E-state index contributed by atoms with van der Waals surface area (Å²) in [7, 11) is 0. The summed E-state index contributed by atoms with van der Waals surface area (Å²) < 4.78 is 0. The summed E-state index contributed by atoms with van der Waals surface area (Å²) in [4.78, 5) is 4.50. The number of hydrogen-bond donors (Lipinski definition) is 1. The van der Waals surface area contributed by atoms with Crippen LogP contribution in [0.5, 0.6) is 0 Å². The van der Waals surface area contributed by atoms with Gasteiger partial charge < -0.3 is 5.32 Å². The van der Waals surface area contributed by atoms with Crippen molar-refractivity contribution in [1.82, 2.24) is 10.3 Å². The lowest BCUT2D eigenvalue weighted by Gasteiger charge is -2.14. The number of pyridine rings is 1. The molecule has 0 saturated carbocycles. The van der Waals surface area contributed by atoms with Crippen molar-refractivity contribution in [2.45, 2.75) is 39.8 Å². The standard InChI is InChI=1S/C15H18Cl2N2/c1-4-9(2)18-8-11-7-10(3)19-15-12(11)5-6-13(16)14(15)17/h5-7,9,18H,4,8H2,1-3H3. The quantitative estimate of drug-likeness (QED) is 0.881. The van der Waals surface area contributed by atoms with Gasteiger partial charge in [-0.25, -0.2) is 0 Å². The second-order valence-corrected chi connectivity index (χ2v) is 5.66. The van der Waals surface area contributed by atoms with Gasteiger partial charge in [0.25, 0.3) is 0 Å². The molecule has 19 heavy (non-hydrogen) atoms. The molecule has 0 aliphatic carbocycles. The first-order chi connectivity index (χ1) is 9.02. The fraction of sp³-hybridized carbons (Fsp3) is 0.400. The highest BCUT2D eigenvalue weighted by Gasteiger charge is 2.10. The fourth-order valence-corrected chi connectivity index (χ4v) is 2.38. The Labute approximate surface area is 124 Å². The van der Waals surface area contributed by atoms with Crippen LogP contribution in [0.4, 0.5) is 0 Å². The van der Waals surface area contributed by atoms with Crippen molar-refractivity contribution in [2.24, 2.45) is 0 Å². The lowest BCUT2D eigenvalue weighted by molar-refractivity contribution is 0.535. The van der Waals surface area contributed by atoms with Crippen LogP contribution in [-0.2, 0) is 6.54 Å². The molecule has 4 heteroatoms. The molecule has 0 radical (unpaired) electrons. The smallest absolute Gasteiger partial charge is 0.0909 e. The molecule has 1 aromatic heterocycles. The number of halogens is 2. The first kappa shape index (κ1) is 14.6. The largest absolute Gasteiger partial charge is 0.310 e. The predicted molar refractivity (Wildman–Crippen MR) is 83.1 cm³/mol. The molecule has 0 amide bonds. The zero-order valence-corrected chi connectivity index (χ0v) is 12.9. The van der Waals surface area contributed by atoms with Crippen molar-refractivity contribution >= 4 is 34.1 Å². The van der Waals surface area contributed by atoms with Crippen LogP contribution in [0.25, 0.3) is 10.9 Å². The van der Waals surface area contributed by atoms with Gasteiger partial charge in [0.05, 0.1) is 15.6 Å². The normalized spacial score (nSPS) is 12.9. The zero-order valence-electron chi connectivity index (χ0n) is 11.4. The van der Waals surface area contributed by atoms with E-state index in [2.05, 4.69) is 30.2 Å². The van der Waals surface area contributed by atoms with Crippen molar-refractivity contribution in [3.8, 4) is 0 Å². The van der Waals surface area contributed by atoms with E-state index in [1.54, 1.807) is 0 Å². The van der Waals surface area contributed by atoms with Gasteiger partial charge in [0.15, 0.2) is 0 Å². The van der Waals surface area contributed by atoms with Crippen molar-refractivity contribution in [3.63, 3.8) is 0 Å². The van der Waals surface area contributed by atoms with Crippen LogP contribution >= 0.6 is 23.2 Å². The van der Waals surface area contributed by atoms with Crippen molar-refractivity contribution in [2.75, 3.05) is 0 Å². The van der Waals surface area contributed by atoms with Crippen LogP contribution in [0.3, 0.4) is 0 Å². The van der Waals surface area contributed by atoms with Crippen LogP contribution in [-0.4, -0.2) is 11.0 Å². The third-order valence-electron chi connectivity index (χ3n) is 3.34. The highest BCUT2D eigenvalue weighted by Crippen LogP contribution is 2.31. The van der Waals surface area contributed by atoms with Gasteiger partial charge in [0.1, 0.15) is 0 Å². The molecule has 1 heterocycles. The minimum Gasteiger partial charge on any atom is -0.310 e. The monoisotopic (exact) mass is 296 g/mol. The number of rotatable bonds is 4. The molecule has 102 valence electrons. The van der Waals surface area contributed by atoms with E-state index in [4.69, 9.17) is 23.2 Å². The molecule has 1 atom stereocenters. The molecule has 2 rings (SSSR count). The van der Waals surface area contributed by atoms with Crippen LogP contribution in [0.2, 0.25) is 10.0 Å². The summed E-state index contributed by atoms with van der Waals surface area (Å²) in [5, 5.41) is 5.65. The minimum atomic E-state index is 0.492. The molecule has 2 aromatic rings. The number of hydrogen-bond acceptors (Lipinski definition) is 2. The Morgan fingerprint density at radius 3 is 2.74 bits per heavy atom. The Morgan fingerprint density at radius 1 is 1.32 bits per heavy atom. The summed E-state index contributed by atoms with van der Waals surface area (Å²) in [6.45, 7) is 7.14. The van der Waals surface area contributed by atoms with Gasteiger partial charge in [-0.2, -0.15) is 0 Å². The summed E-state index contributed by atoms with van der Waals surface area (Å²) in [5.74, 6) is 0. The molecule has 1 unspecified atom stereocenters. The number of aromatic nitrogens is 1. The second-order valence-electron chi connectivity index (χ2n) is 4.87. The number of nitrogens with one attached hydrogen (secondary N) is 1.